The third-order valence-electron chi connectivity index (χ3n) is 9.96. The number of benzene rings is 5. The van der Waals surface area contributed by atoms with Crippen LogP contribution in [-0.4, -0.2) is 59.6 Å². The summed E-state index contributed by atoms with van der Waals surface area (Å²) < 4.78 is 2.05. The van der Waals surface area contributed by atoms with Gasteiger partial charge in [0.1, 0.15) is 16.9 Å². The van der Waals surface area contributed by atoms with Crippen molar-refractivity contribution in [2.24, 2.45) is 0 Å². The molecule has 14 heteroatoms. The van der Waals surface area contributed by atoms with E-state index in [2.05, 4.69) is 54.3 Å². The van der Waals surface area contributed by atoms with Crippen LogP contribution in [0.4, 0.5) is 11.4 Å². The van der Waals surface area contributed by atoms with Gasteiger partial charge in [0.25, 0.3) is 0 Å². The largest absolute Gasteiger partial charge is 0.352 e. The second-order valence-corrected chi connectivity index (χ2v) is 14.4. The molecule has 0 spiro atoms. The monoisotopic (exact) mass is 753 g/mol. The molecule has 0 bridgehead atoms. The van der Waals surface area contributed by atoms with Gasteiger partial charge in [-0.25, -0.2) is 44.9 Å². The minimum atomic E-state index is 0.318. The molecule has 0 atom stereocenters. The highest BCUT2D eigenvalue weighted by molar-refractivity contribution is 7.99. The molecule has 0 radical (unpaired) electrons. The molecule has 1 N–H and O–H groups in total. The maximum atomic E-state index is 5.26. The molecule has 5 aromatic carbocycles. The smallest absolute Gasteiger partial charge is 0.198 e. The van der Waals surface area contributed by atoms with E-state index in [1.54, 1.807) is 36.5 Å². The average Bonchev–Trinajstić information content (AvgIpc) is 3.70. The summed E-state index contributed by atoms with van der Waals surface area (Å²) in [6.07, 6.45) is 6.63. The van der Waals surface area contributed by atoms with Gasteiger partial charge >= 0.3 is 0 Å². The number of aromatic nitrogens is 12. The van der Waals surface area contributed by atoms with Gasteiger partial charge in [0.05, 0.1) is 57.2 Å². The number of hydrogen-bond donors (Lipinski definition) is 1. The molecule has 0 unspecified atom stereocenters. The van der Waals surface area contributed by atoms with Crippen molar-refractivity contribution in [2.45, 2.75) is 9.79 Å². The van der Waals surface area contributed by atoms with Crippen LogP contribution in [-0.2, 0) is 0 Å². The molecular formula is C43H23N13S. The first-order valence-electron chi connectivity index (χ1n) is 18.0. The molecule has 13 nitrogen and oxygen atoms in total. The molecule has 57 heavy (non-hydrogen) atoms. The van der Waals surface area contributed by atoms with E-state index in [9.17, 15) is 0 Å². The predicted octanol–water partition coefficient (Wildman–Crippen LogP) is 8.75. The molecule has 12 rings (SSSR count). The minimum Gasteiger partial charge on any atom is -0.352 e. The number of hydrogen-bond acceptors (Lipinski definition) is 13. The first kappa shape index (κ1) is 31.5. The van der Waals surface area contributed by atoms with Crippen molar-refractivity contribution < 1.29 is 0 Å². The third kappa shape index (κ3) is 5.01. The molecule has 0 aliphatic carbocycles. The maximum Gasteiger partial charge on any atom is 0.198 e. The minimum absolute atomic E-state index is 0.318. The topological polar surface area (TPSA) is 159 Å². The SMILES string of the molecule is c1ccc2c(c1)Nc1c(cccc1-n1c(-c3ncc4nccnc4n3)nc3nc(-c4nncc5ccccc45)nc-3c1-c1cccc3nc4ccccc4nc13)S2. The van der Waals surface area contributed by atoms with Crippen LogP contribution in [0, 0.1) is 0 Å². The molecule has 0 saturated heterocycles. The van der Waals surface area contributed by atoms with Gasteiger partial charge < -0.3 is 5.32 Å². The third-order valence-corrected chi connectivity index (χ3v) is 11.1. The van der Waals surface area contributed by atoms with Crippen molar-refractivity contribution in [1.29, 1.82) is 0 Å². The van der Waals surface area contributed by atoms with Gasteiger partial charge in [-0.15, -0.1) is 5.10 Å². The molecule has 7 heterocycles. The van der Waals surface area contributed by atoms with E-state index in [1.165, 1.54) is 0 Å². The lowest BCUT2D eigenvalue weighted by atomic mass is 10.0. The van der Waals surface area contributed by atoms with Crippen molar-refractivity contribution in [2.75, 3.05) is 5.32 Å². The number of anilines is 2. The van der Waals surface area contributed by atoms with E-state index in [1.807, 2.05) is 84.9 Å². The van der Waals surface area contributed by atoms with Gasteiger partial charge in [0.2, 0.25) is 0 Å². The summed E-state index contributed by atoms with van der Waals surface area (Å²) in [5.41, 5.74) is 9.09. The number of imidazole rings is 1. The number of fused-ring (bicyclic) bond motifs is 7. The fraction of sp³-hybridized carbons (Fsp3) is 0. The summed E-state index contributed by atoms with van der Waals surface area (Å²) in [7, 11) is 0. The number of nitrogens with zero attached hydrogens (tertiary/aromatic N) is 12. The first-order valence-corrected chi connectivity index (χ1v) is 18.8. The van der Waals surface area contributed by atoms with Crippen LogP contribution in [0.15, 0.2) is 144 Å². The summed E-state index contributed by atoms with van der Waals surface area (Å²) in [4.78, 5) is 46.8. The first-order chi connectivity index (χ1) is 28.2. The highest BCUT2D eigenvalue weighted by atomic mass is 32.2. The molecule has 0 fully saturated rings. The molecular weight excluding hydrogens is 731 g/mol. The van der Waals surface area contributed by atoms with Gasteiger partial charge in [0.15, 0.2) is 28.9 Å². The highest BCUT2D eigenvalue weighted by Gasteiger charge is 2.31. The second kappa shape index (κ2) is 12.3. The van der Waals surface area contributed by atoms with Gasteiger partial charge in [-0.3, -0.25) is 4.57 Å². The Balaban J connectivity index is 1.24. The predicted molar refractivity (Wildman–Crippen MR) is 218 cm³/mol. The molecule has 9 aromatic rings. The number of para-hydroxylation sites is 5. The van der Waals surface area contributed by atoms with Crippen LogP contribution in [0.5, 0.6) is 0 Å². The van der Waals surface area contributed by atoms with E-state index in [0.29, 0.717) is 57.1 Å². The zero-order chi connectivity index (χ0) is 37.5. The Morgan fingerprint density at radius 1 is 0.544 bits per heavy atom. The quantitative estimate of drug-likeness (QED) is 0.170. The van der Waals surface area contributed by atoms with Crippen LogP contribution in [0.1, 0.15) is 0 Å². The zero-order valence-electron chi connectivity index (χ0n) is 29.5. The summed E-state index contributed by atoms with van der Waals surface area (Å²) in [6.45, 7) is 0. The van der Waals surface area contributed by atoms with E-state index in [4.69, 9.17) is 34.9 Å². The van der Waals surface area contributed by atoms with Crippen LogP contribution in [0.25, 0.3) is 95.6 Å². The second-order valence-electron chi connectivity index (χ2n) is 13.3. The van der Waals surface area contributed by atoms with Gasteiger partial charge in [0, 0.05) is 38.5 Å². The highest BCUT2D eigenvalue weighted by Crippen LogP contribution is 2.49. The van der Waals surface area contributed by atoms with Crippen LogP contribution in [0.3, 0.4) is 0 Å². The van der Waals surface area contributed by atoms with E-state index in [-0.39, 0.29) is 0 Å². The molecule has 0 saturated carbocycles. The van der Waals surface area contributed by atoms with E-state index < -0.39 is 0 Å². The number of nitrogens with one attached hydrogen (secondary N) is 1. The lowest BCUT2D eigenvalue weighted by molar-refractivity contribution is 0.960. The lowest BCUT2D eigenvalue weighted by Gasteiger charge is -2.27. The zero-order valence-corrected chi connectivity index (χ0v) is 30.3. The molecule has 4 aromatic heterocycles. The Kier molecular flexibility index (Phi) is 6.82. The van der Waals surface area contributed by atoms with Crippen molar-refractivity contribution in [3.8, 4) is 51.6 Å². The van der Waals surface area contributed by atoms with E-state index >= 15 is 0 Å². The summed E-state index contributed by atoms with van der Waals surface area (Å²) in [5, 5.41) is 14.4. The van der Waals surface area contributed by atoms with Crippen molar-refractivity contribution in [1.82, 2.24) is 59.6 Å². The Hall–Kier alpha value is -7.84. The fourth-order valence-electron chi connectivity index (χ4n) is 7.40. The standard InChI is InChI=1S/C43H23N13S/c1-2-10-24-23(9-1)21-47-55-35(24)40-51-37-38(25-11-7-15-29-34(25)49-27-13-4-3-12-26(27)48-29)56(31-16-8-18-33-36(31)50-28-14-5-6-17-32(28)57-33)43(54-41(37)53-40)42-46-22-30-39(52-42)45-20-19-44-30/h1-22,50H. The summed E-state index contributed by atoms with van der Waals surface area (Å²) in [5.74, 6) is 1.47. The maximum absolute atomic E-state index is 5.26. The van der Waals surface area contributed by atoms with Crippen LogP contribution >= 0.6 is 11.8 Å². The Morgan fingerprint density at radius 2 is 1.33 bits per heavy atom. The van der Waals surface area contributed by atoms with E-state index in [0.717, 1.165) is 59.7 Å². The fourth-order valence-corrected chi connectivity index (χ4v) is 8.42. The van der Waals surface area contributed by atoms with Crippen molar-refractivity contribution >= 4 is 67.1 Å². The normalized spacial score (nSPS) is 12.3. The lowest BCUT2D eigenvalue weighted by Crippen LogP contribution is -2.15. The van der Waals surface area contributed by atoms with Crippen LogP contribution < -0.4 is 5.32 Å². The Labute approximate surface area is 326 Å². The van der Waals surface area contributed by atoms with Crippen LogP contribution in [0.2, 0.25) is 0 Å². The van der Waals surface area contributed by atoms with Gasteiger partial charge in [-0.05, 0) is 42.5 Å². The van der Waals surface area contributed by atoms with Gasteiger partial charge in [-0.1, -0.05) is 78.5 Å². The summed E-state index contributed by atoms with van der Waals surface area (Å²) in [6, 6.07) is 36.2. The molecule has 3 aliphatic heterocycles. The molecule has 3 aliphatic rings. The van der Waals surface area contributed by atoms with Crippen molar-refractivity contribution in [3.05, 3.63) is 134 Å². The Bertz CT molecular complexity index is 3400. The Morgan fingerprint density at radius 3 is 2.30 bits per heavy atom. The number of rotatable bonds is 4. The average molecular weight is 754 g/mol. The molecule has 0 amide bonds. The van der Waals surface area contributed by atoms with Crippen molar-refractivity contribution in [3.63, 3.8) is 0 Å². The van der Waals surface area contributed by atoms with Gasteiger partial charge in [-0.2, -0.15) is 5.10 Å². The molecule has 266 valence electrons. The summed E-state index contributed by atoms with van der Waals surface area (Å²) >= 11 is 1.70.